The average Bonchev–Trinajstić information content (AvgIpc) is 2.48. The zero-order chi connectivity index (χ0) is 15.2. The summed E-state index contributed by atoms with van der Waals surface area (Å²) in [4.78, 5) is 8.92. The Morgan fingerprint density at radius 1 is 1.10 bits per heavy atom. The highest BCUT2D eigenvalue weighted by Crippen LogP contribution is 2.32. The highest BCUT2D eigenvalue weighted by Gasteiger charge is 2.22. The molecule has 1 aromatic heterocycles. The number of hydrogen-bond acceptors (Lipinski definition) is 4. The lowest BCUT2D eigenvalue weighted by atomic mass is 9.84. The number of anilines is 2. The van der Waals surface area contributed by atoms with Crippen molar-refractivity contribution in [1.29, 1.82) is 0 Å². The third kappa shape index (κ3) is 4.08. The molecule has 1 fully saturated rings. The van der Waals surface area contributed by atoms with Crippen molar-refractivity contribution in [1.82, 2.24) is 9.97 Å². The number of hydrogen-bond donors (Lipinski definition) is 2. The van der Waals surface area contributed by atoms with Crippen molar-refractivity contribution in [2.24, 2.45) is 5.92 Å². The van der Waals surface area contributed by atoms with Crippen LogP contribution in [0.4, 0.5) is 11.6 Å². The zero-order valence-electron chi connectivity index (χ0n) is 13.9. The van der Waals surface area contributed by atoms with Gasteiger partial charge in [-0.1, -0.05) is 33.1 Å². The minimum absolute atomic E-state index is 0.404. The van der Waals surface area contributed by atoms with Crippen molar-refractivity contribution in [2.45, 2.75) is 71.8 Å². The van der Waals surface area contributed by atoms with Crippen LogP contribution in [0.3, 0.4) is 0 Å². The smallest absolute Gasteiger partial charge is 0.135 e. The van der Waals surface area contributed by atoms with Gasteiger partial charge in [-0.05, 0) is 38.5 Å². The lowest BCUT2D eigenvalue weighted by molar-refractivity contribution is 0.328. The molecule has 1 atom stereocenters. The first-order valence-electron chi connectivity index (χ1n) is 8.48. The molecule has 0 aromatic carbocycles. The molecule has 4 heteroatoms. The molecular formula is C17H30N4. The molecule has 1 heterocycles. The Kier molecular flexibility index (Phi) is 5.83. The van der Waals surface area contributed by atoms with Crippen LogP contribution in [0.2, 0.25) is 0 Å². The molecule has 21 heavy (non-hydrogen) atoms. The van der Waals surface area contributed by atoms with Crippen LogP contribution in [0.25, 0.3) is 0 Å². The predicted molar refractivity (Wildman–Crippen MR) is 89.9 cm³/mol. The first kappa shape index (κ1) is 16.1. The van der Waals surface area contributed by atoms with Crippen LogP contribution in [0, 0.1) is 5.92 Å². The lowest BCUT2D eigenvalue weighted by Gasteiger charge is -2.29. The molecule has 0 saturated heterocycles. The summed E-state index contributed by atoms with van der Waals surface area (Å²) in [6, 6.07) is 0.479. The molecule has 1 unspecified atom stereocenters. The van der Waals surface area contributed by atoms with E-state index in [1.807, 2.05) is 0 Å². The molecule has 1 aliphatic carbocycles. The minimum Gasteiger partial charge on any atom is -0.370 e. The van der Waals surface area contributed by atoms with Gasteiger partial charge in [-0.25, -0.2) is 9.97 Å². The van der Waals surface area contributed by atoms with Crippen molar-refractivity contribution < 1.29 is 0 Å². The standard InChI is InChI=1S/C17H30N4/c1-5-18-16-15(12(2)3)17(20-11-19-16)21-13(4)14-9-7-6-8-10-14/h11-14H,5-10H2,1-4H3,(H2,18,19,20,21). The van der Waals surface area contributed by atoms with E-state index in [4.69, 9.17) is 0 Å². The Hall–Kier alpha value is -1.32. The summed E-state index contributed by atoms with van der Waals surface area (Å²) in [7, 11) is 0. The number of rotatable bonds is 6. The van der Waals surface area contributed by atoms with Crippen LogP contribution in [-0.2, 0) is 0 Å². The van der Waals surface area contributed by atoms with Gasteiger partial charge in [-0.2, -0.15) is 0 Å². The second-order valence-electron chi connectivity index (χ2n) is 6.50. The Morgan fingerprint density at radius 3 is 2.38 bits per heavy atom. The van der Waals surface area contributed by atoms with E-state index in [0.717, 1.165) is 24.1 Å². The fourth-order valence-electron chi connectivity index (χ4n) is 3.33. The van der Waals surface area contributed by atoms with Crippen LogP contribution < -0.4 is 10.6 Å². The van der Waals surface area contributed by atoms with E-state index in [9.17, 15) is 0 Å². The van der Waals surface area contributed by atoms with Crippen LogP contribution >= 0.6 is 0 Å². The van der Waals surface area contributed by atoms with E-state index in [1.54, 1.807) is 6.33 Å². The van der Waals surface area contributed by atoms with Crippen molar-refractivity contribution in [3.05, 3.63) is 11.9 Å². The van der Waals surface area contributed by atoms with Crippen molar-refractivity contribution in [3.63, 3.8) is 0 Å². The monoisotopic (exact) mass is 290 g/mol. The molecule has 118 valence electrons. The Morgan fingerprint density at radius 2 is 1.76 bits per heavy atom. The highest BCUT2D eigenvalue weighted by atomic mass is 15.1. The van der Waals surface area contributed by atoms with Gasteiger partial charge in [0.05, 0.1) is 0 Å². The molecule has 0 bridgehead atoms. The maximum Gasteiger partial charge on any atom is 0.135 e. The summed E-state index contributed by atoms with van der Waals surface area (Å²) < 4.78 is 0. The first-order valence-corrected chi connectivity index (χ1v) is 8.48. The van der Waals surface area contributed by atoms with Gasteiger partial charge in [0.2, 0.25) is 0 Å². The molecular weight excluding hydrogens is 260 g/mol. The normalized spacial score (nSPS) is 17.8. The Bertz CT molecular complexity index is 438. The van der Waals surface area contributed by atoms with Gasteiger partial charge < -0.3 is 10.6 Å². The van der Waals surface area contributed by atoms with Crippen LogP contribution in [0.15, 0.2) is 6.33 Å². The molecule has 1 aromatic rings. The zero-order valence-corrected chi connectivity index (χ0v) is 13.9. The summed E-state index contributed by atoms with van der Waals surface area (Å²) >= 11 is 0. The van der Waals surface area contributed by atoms with Gasteiger partial charge in [0.25, 0.3) is 0 Å². The predicted octanol–water partition coefficient (Wildman–Crippen LogP) is 4.41. The molecule has 1 saturated carbocycles. The van der Waals surface area contributed by atoms with Gasteiger partial charge in [0.15, 0.2) is 0 Å². The Labute approximate surface area is 129 Å². The average molecular weight is 290 g/mol. The summed E-state index contributed by atoms with van der Waals surface area (Å²) in [5, 5.41) is 7.03. The molecule has 4 nitrogen and oxygen atoms in total. The number of nitrogens with zero attached hydrogens (tertiary/aromatic N) is 2. The largest absolute Gasteiger partial charge is 0.370 e. The number of nitrogens with one attached hydrogen (secondary N) is 2. The molecule has 0 aliphatic heterocycles. The van der Waals surface area contributed by atoms with Crippen molar-refractivity contribution in [2.75, 3.05) is 17.2 Å². The van der Waals surface area contributed by atoms with Gasteiger partial charge in [-0.15, -0.1) is 0 Å². The fourth-order valence-corrected chi connectivity index (χ4v) is 3.33. The van der Waals surface area contributed by atoms with Crippen molar-refractivity contribution >= 4 is 11.6 Å². The molecule has 0 amide bonds. The Balaban J connectivity index is 2.16. The quantitative estimate of drug-likeness (QED) is 0.814. The molecule has 1 aliphatic rings. The van der Waals surface area contributed by atoms with E-state index in [2.05, 4.69) is 48.3 Å². The maximum atomic E-state index is 4.52. The maximum absolute atomic E-state index is 4.52. The molecule has 2 rings (SSSR count). The topological polar surface area (TPSA) is 49.8 Å². The number of aromatic nitrogens is 2. The summed E-state index contributed by atoms with van der Waals surface area (Å²) in [5.74, 6) is 3.16. The first-order chi connectivity index (χ1) is 10.1. The van der Waals surface area contributed by atoms with E-state index in [1.165, 1.54) is 37.7 Å². The van der Waals surface area contributed by atoms with Crippen LogP contribution in [-0.4, -0.2) is 22.6 Å². The second kappa shape index (κ2) is 7.62. The van der Waals surface area contributed by atoms with Gasteiger partial charge in [-0.3, -0.25) is 0 Å². The third-order valence-corrected chi connectivity index (χ3v) is 4.53. The highest BCUT2D eigenvalue weighted by molar-refractivity contribution is 5.59. The van der Waals surface area contributed by atoms with E-state index >= 15 is 0 Å². The third-order valence-electron chi connectivity index (χ3n) is 4.53. The van der Waals surface area contributed by atoms with Gasteiger partial charge in [0.1, 0.15) is 18.0 Å². The lowest BCUT2D eigenvalue weighted by Crippen LogP contribution is -2.29. The van der Waals surface area contributed by atoms with E-state index in [0.29, 0.717) is 12.0 Å². The van der Waals surface area contributed by atoms with Gasteiger partial charge >= 0.3 is 0 Å². The minimum atomic E-state index is 0.404. The van der Waals surface area contributed by atoms with E-state index < -0.39 is 0 Å². The van der Waals surface area contributed by atoms with Gasteiger partial charge in [0, 0.05) is 18.2 Å². The van der Waals surface area contributed by atoms with Crippen LogP contribution in [0.1, 0.15) is 71.3 Å². The summed E-state index contributed by atoms with van der Waals surface area (Å²) in [5.41, 5.74) is 1.21. The summed E-state index contributed by atoms with van der Waals surface area (Å²) in [6.07, 6.45) is 8.51. The van der Waals surface area contributed by atoms with Crippen LogP contribution in [0.5, 0.6) is 0 Å². The molecule has 0 radical (unpaired) electrons. The fraction of sp³-hybridized carbons (Fsp3) is 0.765. The summed E-state index contributed by atoms with van der Waals surface area (Å²) in [6.45, 7) is 9.69. The second-order valence-corrected chi connectivity index (χ2v) is 6.50. The van der Waals surface area contributed by atoms with Crippen molar-refractivity contribution in [3.8, 4) is 0 Å². The van der Waals surface area contributed by atoms with E-state index in [-0.39, 0.29) is 0 Å². The SMILES string of the molecule is CCNc1ncnc(NC(C)C2CCCCC2)c1C(C)C. The molecule has 0 spiro atoms. The molecule has 2 N–H and O–H groups in total.